The number of nitrogens with zero attached hydrogens (tertiary/aromatic N) is 2. The van der Waals surface area contributed by atoms with Crippen LogP contribution in [0.5, 0.6) is 5.75 Å². The van der Waals surface area contributed by atoms with Gasteiger partial charge in [0.2, 0.25) is 11.9 Å². The molecule has 0 fully saturated rings. The first kappa shape index (κ1) is 47.5. The summed E-state index contributed by atoms with van der Waals surface area (Å²) in [5, 5.41) is 22.2. The average molecular weight is 824 g/mol. The van der Waals surface area contributed by atoms with Crippen molar-refractivity contribution < 1.29 is 74.7 Å². The van der Waals surface area contributed by atoms with E-state index in [0.717, 1.165) is 0 Å². The second-order valence-electron chi connectivity index (χ2n) is 13.5. The monoisotopic (exact) mass is 823 g/mol. The van der Waals surface area contributed by atoms with Crippen molar-refractivity contribution in [3.8, 4) is 5.75 Å². The Hall–Kier alpha value is -4.64. The molecule has 0 aliphatic rings. The zero-order valence-electron chi connectivity index (χ0n) is 31.4. The lowest BCUT2D eigenvalue weighted by molar-refractivity contribution is -0.143. The summed E-state index contributed by atoms with van der Waals surface area (Å²) < 4.78 is 96.0. The van der Waals surface area contributed by atoms with Crippen LogP contribution >= 0.6 is 0 Å². The van der Waals surface area contributed by atoms with Gasteiger partial charge in [0, 0.05) is 25.7 Å². The first-order valence-electron chi connectivity index (χ1n) is 17.2. The average Bonchev–Trinajstić information content (AvgIpc) is 3.08. The standard InChI is InChI=1S/C34H48F3N5O13S/c1-32(2,10-9-27(44)45)22-33(3,4)55-23-5-7-24(8-6-23)56(49,50)42-31-40-19-25(29(41-31)34(35,36)37)30(48)39-12-14-52-15-17-53-20-26(43)38-11-13-51-16-18-54-21-28(46)47/h5-8,19H,9-18,20-22H2,1-4H3,(H,38,43)(H,39,48)(H,44,45)(H,46,47)(H,40,41,42). The van der Waals surface area contributed by atoms with Gasteiger partial charge in [0.15, 0.2) is 5.69 Å². The number of aromatic nitrogens is 2. The van der Waals surface area contributed by atoms with Gasteiger partial charge >= 0.3 is 18.1 Å². The van der Waals surface area contributed by atoms with E-state index in [1.54, 1.807) is 13.8 Å². The molecule has 0 saturated heterocycles. The maximum Gasteiger partial charge on any atom is 0.434 e. The highest BCUT2D eigenvalue weighted by atomic mass is 32.2. The number of rotatable bonds is 27. The molecule has 1 aromatic heterocycles. The predicted octanol–water partition coefficient (Wildman–Crippen LogP) is 2.73. The van der Waals surface area contributed by atoms with Crippen molar-refractivity contribution in [3.05, 3.63) is 41.7 Å². The van der Waals surface area contributed by atoms with Crippen LogP contribution in [0.4, 0.5) is 19.1 Å². The Morgan fingerprint density at radius 2 is 1.36 bits per heavy atom. The van der Waals surface area contributed by atoms with Gasteiger partial charge in [-0.2, -0.15) is 13.2 Å². The molecule has 0 atom stereocenters. The van der Waals surface area contributed by atoms with E-state index in [1.165, 1.54) is 24.3 Å². The number of hydrogen-bond acceptors (Lipinski definition) is 13. The summed E-state index contributed by atoms with van der Waals surface area (Å²) in [5.74, 6) is -4.26. The number of benzene rings is 1. The molecule has 5 N–H and O–H groups in total. The Balaban J connectivity index is 1.82. The van der Waals surface area contributed by atoms with Gasteiger partial charge in [0.25, 0.3) is 15.9 Å². The highest BCUT2D eigenvalue weighted by molar-refractivity contribution is 7.92. The second kappa shape index (κ2) is 22.2. The fraction of sp³-hybridized carbons (Fsp3) is 0.588. The summed E-state index contributed by atoms with van der Waals surface area (Å²) in [6.07, 6.45) is -3.73. The predicted molar refractivity (Wildman–Crippen MR) is 191 cm³/mol. The minimum absolute atomic E-state index is 0.00335. The summed E-state index contributed by atoms with van der Waals surface area (Å²) in [5.41, 5.74) is -3.77. The van der Waals surface area contributed by atoms with E-state index in [-0.39, 0.29) is 76.1 Å². The molecule has 0 unspecified atom stereocenters. The van der Waals surface area contributed by atoms with Crippen LogP contribution in [0.2, 0.25) is 0 Å². The highest BCUT2D eigenvalue weighted by Crippen LogP contribution is 2.35. The lowest BCUT2D eigenvalue weighted by Crippen LogP contribution is -2.34. The molecule has 2 rings (SSSR count). The Kier molecular flexibility index (Phi) is 18.8. The third-order valence-corrected chi connectivity index (χ3v) is 8.62. The molecule has 314 valence electrons. The normalized spacial score (nSPS) is 12.2. The van der Waals surface area contributed by atoms with Crippen molar-refractivity contribution in [1.82, 2.24) is 20.6 Å². The third-order valence-electron chi connectivity index (χ3n) is 7.28. The van der Waals surface area contributed by atoms with E-state index in [4.69, 9.17) is 33.9 Å². The molecule has 56 heavy (non-hydrogen) atoms. The molecule has 1 aromatic carbocycles. The van der Waals surface area contributed by atoms with Gasteiger partial charge in [-0.05, 0) is 56.4 Å². The van der Waals surface area contributed by atoms with Gasteiger partial charge in [0.1, 0.15) is 24.6 Å². The minimum Gasteiger partial charge on any atom is -0.488 e. The van der Waals surface area contributed by atoms with Crippen molar-refractivity contribution in [1.29, 1.82) is 0 Å². The van der Waals surface area contributed by atoms with Gasteiger partial charge < -0.3 is 44.5 Å². The maximum absolute atomic E-state index is 13.9. The Labute approximate surface area is 321 Å². The van der Waals surface area contributed by atoms with Crippen LogP contribution in [-0.2, 0) is 49.5 Å². The van der Waals surface area contributed by atoms with Gasteiger partial charge in [-0.15, -0.1) is 0 Å². The highest BCUT2D eigenvalue weighted by Gasteiger charge is 2.38. The fourth-order valence-corrected chi connectivity index (χ4v) is 6.08. The molecule has 18 nitrogen and oxygen atoms in total. The number of amides is 2. The van der Waals surface area contributed by atoms with E-state index < -0.39 is 69.4 Å². The van der Waals surface area contributed by atoms with Crippen molar-refractivity contribution in [2.24, 2.45) is 5.41 Å². The zero-order chi connectivity index (χ0) is 42.0. The van der Waals surface area contributed by atoms with Gasteiger partial charge in [0.05, 0.1) is 50.1 Å². The van der Waals surface area contributed by atoms with Crippen molar-refractivity contribution in [2.75, 3.05) is 70.7 Å². The summed E-state index contributed by atoms with van der Waals surface area (Å²) in [6.45, 7) is 6.95. The molecule has 2 aromatic rings. The lowest BCUT2D eigenvalue weighted by Gasteiger charge is -2.35. The zero-order valence-corrected chi connectivity index (χ0v) is 32.2. The van der Waals surface area contributed by atoms with Crippen LogP contribution in [0.25, 0.3) is 0 Å². The molecule has 1 heterocycles. The van der Waals surface area contributed by atoms with Gasteiger partial charge in [-0.1, -0.05) is 13.8 Å². The number of halogens is 3. The fourth-order valence-electron chi connectivity index (χ4n) is 5.13. The molecule has 0 aliphatic carbocycles. The first-order valence-corrected chi connectivity index (χ1v) is 18.6. The number of anilines is 1. The smallest absolute Gasteiger partial charge is 0.434 e. The molecule has 0 bridgehead atoms. The van der Waals surface area contributed by atoms with E-state index in [0.29, 0.717) is 24.8 Å². The molecule has 2 amide bonds. The number of aliphatic carboxylic acids is 2. The summed E-state index contributed by atoms with van der Waals surface area (Å²) >= 11 is 0. The molecule has 0 saturated carbocycles. The third kappa shape index (κ3) is 18.8. The summed E-state index contributed by atoms with van der Waals surface area (Å²) in [6, 6.07) is 5.07. The Morgan fingerprint density at radius 1 is 0.786 bits per heavy atom. The van der Waals surface area contributed by atoms with Gasteiger partial charge in [-0.3, -0.25) is 14.4 Å². The van der Waals surface area contributed by atoms with Crippen molar-refractivity contribution >= 4 is 39.7 Å². The number of carbonyl (C=O) groups excluding carboxylic acids is 2. The number of carboxylic acid groups (broad SMARTS) is 2. The lowest BCUT2D eigenvalue weighted by atomic mass is 9.78. The number of carboxylic acids is 2. The number of alkyl halides is 3. The number of carbonyl (C=O) groups is 4. The molecular weight excluding hydrogens is 775 g/mol. The SMILES string of the molecule is CC(C)(CCC(=O)O)CC(C)(C)Oc1ccc(S(=O)(=O)Nc2ncc(C(=O)NCCOCCOCC(=O)NCCOCCOCC(=O)O)c(C(F)(F)F)n2)cc1. The molecule has 22 heteroatoms. The van der Waals surface area contributed by atoms with Gasteiger partial charge in [-0.25, -0.2) is 27.9 Å². The number of ether oxygens (including phenoxy) is 5. The number of sulfonamides is 1. The van der Waals surface area contributed by atoms with E-state index in [9.17, 15) is 40.8 Å². The maximum atomic E-state index is 13.9. The Bertz CT molecular complexity index is 1710. The van der Waals surface area contributed by atoms with Crippen molar-refractivity contribution in [3.63, 3.8) is 0 Å². The van der Waals surface area contributed by atoms with Crippen LogP contribution in [0, 0.1) is 5.41 Å². The molecule has 0 aliphatic heterocycles. The quantitative estimate of drug-likeness (QED) is 0.0813. The number of nitrogens with one attached hydrogen (secondary N) is 3. The van der Waals surface area contributed by atoms with Crippen LogP contribution in [0.1, 0.15) is 63.0 Å². The van der Waals surface area contributed by atoms with Crippen LogP contribution in [0.3, 0.4) is 0 Å². The van der Waals surface area contributed by atoms with Crippen LogP contribution < -0.4 is 20.1 Å². The first-order chi connectivity index (χ1) is 26.1. The molecular formula is C34H48F3N5O13S. The van der Waals surface area contributed by atoms with E-state index in [2.05, 4.69) is 20.6 Å². The minimum atomic E-state index is -5.16. The second-order valence-corrected chi connectivity index (χ2v) is 15.1. The van der Waals surface area contributed by atoms with E-state index in [1.807, 2.05) is 18.6 Å². The van der Waals surface area contributed by atoms with Crippen molar-refractivity contribution in [2.45, 2.75) is 63.6 Å². The topological polar surface area (TPSA) is 251 Å². The summed E-state index contributed by atoms with van der Waals surface area (Å²) in [7, 11) is -4.48. The molecule has 0 radical (unpaired) electrons. The summed E-state index contributed by atoms with van der Waals surface area (Å²) in [4.78, 5) is 52.2. The Morgan fingerprint density at radius 3 is 1.93 bits per heavy atom. The largest absolute Gasteiger partial charge is 0.488 e. The molecule has 0 spiro atoms. The van der Waals surface area contributed by atoms with Crippen LogP contribution in [0.15, 0.2) is 35.4 Å². The van der Waals surface area contributed by atoms with E-state index >= 15 is 0 Å². The van der Waals surface area contributed by atoms with Crippen LogP contribution in [-0.4, -0.2) is 124 Å². The number of hydrogen-bond donors (Lipinski definition) is 5.